The van der Waals surface area contributed by atoms with Gasteiger partial charge in [-0.25, -0.2) is 8.42 Å². The van der Waals surface area contributed by atoms with Gasteiger partial charge in [0.2, 0.25) is 15.9 Å². The zero-order chi connectivity index (χ0) is 33.1. The van der Waals surface area contributed by atoms with E-state index in [1.54, 1.807) is 30.3 Å². The first kappa shape index (κ1) is 34.4. The molecule has 17 nitrogen and oxygen atoms in total. The largest absolute Gasteiger partial charge is 0.455 e. The third-order valence-electron chi connectivity index (χ3n) is 6.88. The van der Waals surface area contributed by atoms with Crippen molar-refractivity contribution in [2.45, 2.75) is 68.3 Å². The summed E-state index contributed by atoms with van der Waals surface area (Å²) in [6, 6.07) is 10.8. The molecule has 2 aromatic rings. The Bertz CT molecular complexity index is 1450. The lowest BCUT2D eigenvalue weighted by Crippen LogP contribution is -2.68. The monoisotopic (exact) mass is 657 g/mol. The second-order valence-electron chi connectivity index (χ2n) is 10.5. The molecule has 4 rings (SSSR count). The van der Waals surface area contributed by atoms with Gasteiger partial charge >= 0.3 is 0 Å². The number of rotatable bonds is 10. The Balaban J connectivity index is 1.56. The van der Waals surface area contributed by atoms with E-state index in [-0.39, 0.29) is 17.1 Å². The van der Waals surface area contributed by atoms with E-state index in [0.717, 1.165) is 13.2 Å². The maximum absolute atomic E-state index is 13.3. The predicted octanol–water partition coefficient (Wildman–Crippen LogP) is -2.44. The first-order chi connectivity index (χ1) is 21.2. The lowest BCUT2D eigenvalue weighted by atomic mass is 9.95. The van der Waals surface area contributed by atoms with E-state index in [0.29, 0.717) is 5.75 Å². The number of anilines is 2. The van der Waals surface area contributed by atoms with Crippen LogP contribution < -0.4 is 20.1 Å². The van der Waals surface area contributed by atoms with Crippen LogP contribution in [-0.4, -0.2) is 125 Å². The van der Waals surface area contributed by atoms with E-state index in [1.165, 1.54) is 18.2 Å². The van der Waals surface area contributed by atoms with Gasteiger partial charge in [-0.2, -0.15) is 0 Å². The number of nitrogens with one attached hydrogen (secondary N) is 3. The minimum Gasteiger partial charge on any atom is -0.455 e. The van der Waals surface area contributed by atoms with Crippen molar-refractivity contribution in [3.8, 4) is 11.5 Å². The highest BCUT2D eigenvalue weighted by atomic mass is 32.2. The van der Waals surface area contributed by atoms with Crippen molar-refractivity contribution in [1.29, 1.82) is 0 Å². The zero-order valence-electron chi connectivity index (χ0n) is 24.0. The number of aliphatic hydroxyl groups is 6. The molecule has 0 aromatic heterocycles. The van der Waals surface area contributed by atoms with Crippen LogP contribution in [0.25, 0.3) is 0 Å². The van der Waals surface area contributed by atoms with Gasteiger partial charge in [0.25, 0.3) is 5.91 Å². The van der Waals surface area contributed by atoms with E-state index in [9.17, 15) is 48.6 Å². The summed E-state index contributed by atoms with van der Waals surface area (Å²) >= 11 is 0. The predicted molar refractivity (Wildman–Crippen MR) is 153 cm³/mol. The SMILES string of the molecule is CC(=O)NC1C(O)OC(CO)C(O)C1OC1OC(C(=O)Nc2ccc(NS(C)(=O)=O)c(Oc3ccccc3)c2)C(O)C(O)C1O. The number of aliphatic hydroxyl groups excluding tert-OH is 6. The number of hydrogen-bond acceptors (Lipinski definition) is 14. The maximum atomic E-state index is 13.3. The summed E-state index contributed by atoms with van der Waals surface area (Å²) in [7, 11) is -3.72. The third-order valence-corrected chi connectivity index (χ3v) is 7.47. The van der Waals surface area contributed by atoms with Gasteiger partial charge in [0.1, 0.15) is 48.4 Å². The molecule has 2 heterocycles. The van der Waals surface area contributed by atoms with E-state index < -0.39 is 89.8 Å². The fourth-order valence-corrected chi connectivity index (χ4v) is 5.33. The van der Waals surface area contributed by atoms with Crippen molar-refractivity contribution in [2.75, 3.05) is 22.9 Å². The summed E-state index contributed by atoms with van der Waals surface area (Å²) in [5, 5.41) is 67.1. The summed E-state index contributed by atoms with van der Waals surface area (Å²) in [6.07, 6.45) is -15.2. The highest BCUT2D eigenvalue weighted by Crippen LogP contribution is 2.34. The number of carbonyl (C=O) groups excluding carboxylic acids is 2. The van der Waals surface area contributed by atoms with Crippen LogP contribution in [-0.2, 0) is 33.8 Å². The molecule has 0 aliphatic carbocycles. The van der Waals surface area contributed by atoms with Crippen LogP contribution >= 0.6 is 0 Å². The van der Waals surface area contributed by atoms with Crippen molar-refractivity contribution >= 4 is 33.2 Å². The first-order valence-electron chi connectivity index (χ1n) is 13.6. The summed E-state index contributed by atoms with van der Waals surface area (Å²) < 4.78 is 48.1. The van der Waals surface area contributed by atoms with Gasteiger partial charge in [-0.1, -0.05) is 18.2 Å². The van der Waals surface area contributed by atoms with Gasteiger partial charge in [-0.05, 0) is 24.3 Å². The van der Waals surface area contributed by atoms with E-state index in [1.807, 2.05) is 0 Å². The van der Waals surface area contributed by atoms with E-state index in [2.05, 4.69) is 15.4 Å². The van der Waals surface area contributed by atoms with Crippen molar-refractivity contribution in [1.82, 2.24) is 5.32 Å². The van der Waals surface area contributed by atoms with Crippen molar-refractivity contribution in [3.05, 3.63) is 48.5 Å². The molecular formula is C27H35N3O14S. The number of ether oxygens (including phenoxy) is 4. The minimum absolute atomic E-state index is 0.000663. The molecule has 18 heteroatoms. The van der Waals surface area contributed by atoms with Crippen LogP contribution in [0.5, 0.6) is 11.5 Å². The van der Waals surface area contributed by atoms with E-state index in [4.69, 9.17) is 18.9 Å². The fourth-order valence-electron chi connectivity index (χ4n) is 4.76. The molecule has 0 bridgehead atoms. The van der Waals surface area contributed by atoms with Gasteiger partial charge in [0, 0.05) is 18.7 Å². The summed E-state index contributed by atoms with van der Waals surface area (Å²) in [4.78, 5) is 25.0. The molecule has 45 heavy (non-hydrogen) atoms. The Morgan fingerprint density at radius 1 is 0.933 bits per heavy atom. The molecule has 248 valence electrons. The van der Waals surface area contributed by atoms with Crippen molar-refractivity contribution in [3.63, 3.8) is 0 Å². The normalized spacial score (nSPS) is 31.9. The Labute approximate surface area is 257 Å². The Morgan fingerprint density at radius 3 is 2.24 bits per heavy atom. The second kappa shape index (κ2) is 14.3. The standard InChI is InChI=1S/C27H35N3O14S/c1-12(32)28-18-23(19(33)17(11-31)42-26(18)38)43-27-22(36)20(34)21(35)24(44-27)25(37)29-13-8-9-15(30-45(2,39)40)16(10-13)41-14-6-4-3-5-7-14/h3-10,17-24,26-27,30-31,33-36,38H,11H2,1-2H3,(H,28,32)(H,29,37). The molecule has 10 unspecified atom stereocenters. The Hall–Kier alpha value is -3.43. The lowest BCUT2D eigenvalue weighted by molar-refractivity contribution is -0.334. The number of carbonyl (C=O) groups is 2. The Morgan fingerprint density at radius 2 is 1.62 bits per heavy atom. The van der Waals surface area contributed by atoms with Crippen LogP contribution in [0, 0.1) is 0 Å². The first-order valence-corrected chi connectivity index (χ1v) is 15.5. The second-order valence-corrected chi connectivity index (χ2v) is 12.2. The third kappa shape index (κ3) is 8.44. The highest BCUT2D eigenvalue weighted by Gasteiger charge is 2.52. The molecule has 2 aliphatic rings. The number of sulfonamides is 1. The summed E-state index contributed by atoms with van der Waals surface area (Å²) in [5.41, 5.74) is 0.103. The molecule has 2 amide bonds. The topological polar surface area (TPSA) is 263 Å². The zero-order valence-corrected chi connectivity index (χ0v) is 24.8. The Kier molecular flexibility index (Phi) is 11.0. The van der Waals surface area contributed by atoms with Crippen LogP contribution in [0.1, 0.15) is 6.92 Å². The lowest BCUT2D eigenvalue weighted by Gasteiger charge is -2.46. The van der Waals surface area contributed by atoms with E-state index >= 15 is 0 Å². The molecule has 0 radical (unpaired) electrons. The fraction of sp³-hybridized carbons (Fsp3) is 0.481. The van der Waals surface area contributed by atoms with Crippen molar-refractivity contribution in [2.24, 2.45) is 0 Å². The quantitative estimate of drug-likeness (QED) is 0.129. The molecule has 9 N–H and O–H groups in total. The van der Waals surface area contributed by atoms with Crippen LogP contribution in [0.4, 0.5) is 11.4 Å². The number of para-hydroxylation sites is 1. The minimum atomic E-state index is -3.72. The number of benzene rings is 2. The average Bonchev–Trinajstić information content (AvgIpc) is 2.97. The molecule has 2 aromatic carbocycles. The van der Waals surface area contributed by atoms with Crippen LogP contribution in [0.15, 0.2) is 48.5 Å². The maximum Gasteiger partial charge on any atom is 0.256 e. The smallest absolute Gasteiger partial charge is 0.256 e. The van der Waals surface area contributed by atoms with Gasteiger partial charge in [0.15, 0.2) is 24.4 Å². The summed E-state index contributed by atoms with van der Waals surface area (Å²) in [5.74, 6) is -1.34. The molecule has 0 saturated carbocycles. The van der Waals surface area contributed by atoms with Crippen LogP contribution in [0.2, 0.25) is 0 Å². The molecule has 0 spiro atoms. The van der Waals surface area contributed by atoms with Gasteiger partial charge in [-0.15, -0.1) is 0 Å². The molecule has 2 saturated heterocycles. The number of hydrogen-bond donors (Lipinski definition) is 9. The van der Waals surface area contributed by atoms with Gasteiger partial charge < -0.3 is 60.2 Å². The van der Waals surface area contributed by atoms with Crippen molar-refractivity contribution < 1.29 is 67.6 Å². The molecule has 2 fully saturated rings. The van der Waals surface area contributed by atoms with Gasteiger partial charge in [-0.3, -0.25) is 14.3 Å². The molecular weight excluding hydrogens is 622 g/mol. The summed E-state index contributed by atoms with van der Waals surface area (Å²) in [6.45, 7) is 0.348. The molecule has 10 atom stereocenters. The number of amides is 2. The average molecular weight is 658 g/mol. The van der Waals surface area contributed by atoms with Gasteiger partial charge in [0.05, 0.1) is 18.6 Å². The molecule has 2 aliphatic heterocycles. The highest BCUT2D eigenvalue weighted by molar-refractivity contribution is 7.92. The van der Waals surface area contributed by atoms with Crippen LogP contribution in [0.3, 0.4) is 0 Å².